The first kappa shape index (κ1) is 22.3. The standard InChI is InChI=1S/C21H25N5O4S/c1-15-14-20(25-16-4-6-17(29-2)7-5-16)26-21(24-15)22-12-13-23-31(27,28)19-10-8-18(30-3)9-11-19/h4-11,14,23H,12-13H2,1-3H3,(H2,22,24,25,26). The van der Waals surface area contributed by atoms with Gasteiger partial charge in [0.25, 0.3) is 0 Å². The minimum atomic E-state index is -3.61. The smallest absolute Gasteiger partial charge is 0.240 e. The van der Waals surface area contributed by atoms with Gasteiger partial charge in [-0.3, -0.25) is 0 Å². The van der Waals surface area contributed by atoms with Gasteiger partial charge in [-0.15, -0.1) is 0 Å². The molecule has 0 radical (unpaired) electrons. The fourth-order valence-electron chi connectivity index (χ4n) is 2.73. The number of anilines is 3. The van der Waals surface area contributed by atoms with Crippen LogP contribution in [0.2, 0.25) is 0 Å². The van der Waals surface area contributed by atoms with Crippen LogP contribution in [0.3, 0.4) is 0 Å². The second kappa shape index (κ2) is 10.1. The topological polar surface area (TPSA) is 114 Å². The number of sulfonamides is 1. The maximum Gasteiger partial charge on any atom is 0.240 e. The Hall–Kier alpha value is -3.37. The van der Waals surface area contributed by atoms with E-state index in [1.54, 1.807) is 19.2 Å². The first-order valence-electron chi connectivity index (χ1n) is 9.54. The largest absolute Gasteiger partial charge is 0.497 e. The highest BCUT2D eigenvalue weighted by molar-refractivity contribution is 7.89. The van der Waals surface area contributed by atoms with Crippen LogP contribution in [0.4, 0.5) is 17.5 Å². The highest BCUT2D eigenvalue weighted by atomic mass is 32.2. The fourth-order valence-corrected chi connectivity index (χ4v) is 3.76. The Bertz CT molecular complexity index is 1100. The maximum atomic E-state index is 12.4. The van der Waals surface area contributed by atoms with Crippen molar-refractivity contribution < 1.29 is 17.9 Å². The number of nitrogens with zero attached hydrogens (tertiary/aromatic N) is 2. The highest BCUT2D eigenvalue weighted by Gasteiger charge is 2.13. The van der Waals surface area contributed by atoms with Gasteiger partial charge in [-0.05, 0) is 55.5 Å². The molecule has 164 valence electrons. The lowest BCUT2D eigenvalue weighted by Crippen LogP contribution is -2.29. The first-order chi connectivity index (χ1) is 14.9. The van der Waals surface area contributed by atoms with Crippen molar-refractivity contribution in [3.05, 3.63) is 60.3 Å². The van der Waals surface area contributed by atoms with Crippen molar-refractivity contribution in [3.63, 3.8) is 0 Å². The average molecular weight is 444 g/mol. The summed E-state index contributed by atoms with van der Waals surface area (Å²) in [7, 11) is -0.469. The third-order valence-electron chi connectivity index (χ3n) is 4.29. The van der Waals surface area contributed by atoms with E-state index >= 15 is 0 Å². The minimum absolute atomic E-state index is 0.172. The Morgan fingerprint density at radius 1 is 0.871 bits per heavy atom. The molecule has 0 spiro atoms. The lowest BCUT2D eigenvalue weighted by Gasteiger charge is -2.11. The second-order valence-electron chi connectivity index (χ2n) is 6.57. The van der Waals surface area contributed by atoms with Crippen molar-refractivity contribution in [2.45, 2.75) is 11.8 Å². The Labute approximate surface area is 181 Å². The predicted molar refractivity (Wildman–Crippen MR) is 120 cm³/mol. The molecule has 0 aliphatic carbocycles. The molecule has 3 rings (SSSR count). The molecule has 3 N–H and O–H groups in total. The summed E-state index contributed by atoms with van der Waals surface area (Å²) in [6, 6.07) is 15.5. The van der Waals surface area contributed by atoms with Gasteiger partial charge >= 0.3 is 0 Å². The van der Waals surface area contributed by atoms with Gasteiger partial charge < -0.3 is 20.1 Å². The van der Waals surface area contributed by atoms with Gasteiger partial charge in [0.05, 0.1) is 19.1 Å². The third-order valence-corrected chi connectivity index (χ3v) is 5.76. The Morgan fingerprint density at radius 2 is 1.48 bits per heavy atom. The summed E-state index contributed by atoms with van der Waals surface area (Å²) in [5.41, 5.74) is 1.63. The molecule has 0 saturated heterocycles. The normalized spacial score (nSPS) is 11.1. The molecule has 0 bridgehead atoms. The Kier molecular flexibility index (Phi) is 7.27. The molecule has 3 aromatic rings. The molecule has 0 aliphatic heterocycles. The molecule has 0 unspecified atom stereocenters. The van der Waals surface area contributed by atoms with Crippen LogP contribution in [-0.4, -0.2) is 45.7 Å². The van der Waals surface area contributed by atoms with Crippen LogP contribution in [-0.2, 0) is 10.0 Å². The number of hydrogen-bond acceptors (Lipinski definition) is 8. The molecular formula is C21H25N5O4S. The van der Waals surface area contributed by atoms with Crippen LogP contribution in [0.1, 0.15) is 5.69 Å². The van der Waals surface area contributed by atoms with Crippen LogP contribution in [0.25, 0.3) is 0 Å². The second-order valence-corrected chi connectivity index (χ2v) is 8.34. The van der Waals surface area contributed by atoms with E-state index < -0.39 is 10.0 Å². The molecule has 1 aromatic heterocycles. The number of methoxy groups -OCH3 is 2. The van der Waals surface area contributed by atoms with Crippen molar-refractivity contribution in [1.29, 1.82) is 0 Å². The number of aromatic nitrogens is 2. The Morgan fingerprint density at radius 3 is 2.10 bits per heavy atom. The van der Waals surface area contributed by atoms with Gasteiger partial charge in [0.2, 0.25) is 16.0 Å². The maximum absolute atomic E-state index is 12.4. The summed E-state index contributed by atoms with van der Waals surface area (Å²) < 4.78 is 37.5. The number of nitrogens with one attached hydrogen (secondary N) is 3. The van der Waals surface area contributed by atoms with Crippen molar-refractivity contribution >= 4 is 27.5 Å². The number of aryl methyl sites for hydroxylation is 1. The first-order valence-corrected chi connectivity index (χ1v) is 11.0. The number of rotatable bonds is 10. The van der Waals surface area contributed by atoms with Gasteiger partial charge in [0, 0.05) is 30.5 Å². The van der Waals surface area contributed by atoms with Crippen LogP contribution < -0.4 is 24.8 Å². The molecule has 10 heteroatoms. The lowest BCUT2D eigenvalue weighted by molar-refractivity contribution is 0.414. The summed E-state index contributed by atoms with van der Waals surface area (Å²) in [5.74, 6) is 2.39. The van der Waals surface area contributed by atoms with E-state index in [-0.39, 0.29) is 11.4 Å². The third kappa shape index (κ3) is 6.30. The molecule has 0 atom stereocenters. The minimum Gasteiger partial charge on any atom is -0.497 e. The molecule has 0 saturated carbocycles. The van der Waals surface area contributed by atoms with E-state index in [0.29, 0.717) is 24.1 Å². The SMILES string of the molecule is COc1ccc(Nc2cc(C)nc(NCCNS(=O)(=O)c3ccc(OC)cc3)n2)cc1. The van der Waals surface area contributed by atoms with E-state index in [0.717, 1.165) is 17.1 Å². The zero-order chi connectivity index (χ0) is 22.3. The molecular weight excluding hydrogens is 418 g/mol. The quantitative estimate of drug-likeness (QED) is 0.410. The van der Waals surface area contributed by atoms with Crippen LogP contribution >= 0.6 is 0 Å². The van der Waals surface area contributed by atoms with E-state index in [1.165, 1.54) is 19.2 Å². The summed E-state index contributed by atoms with van der Waals surface area (Å²) in [6.45, 7) is 2.35. The number of hydrogen-bond donors (Lipinski definition) is 3. The van der Waals surface area contributed by atoms with Crippen LogP contribution in [0.5, 0.6) is 11.5 Å². The van der Waals surface area contributed by atoms with Gasteiger partial charge in [0.15, 0.2) is 0 Å². The molecule has 31 heavy (non-hydrogen) atoms. The van der Waals surface area contributed by atoms with Gasteiger partial charge in [0.1, 0.15) is 17.3 Å². The predicted octanol–water partition coefficient (Wildman–Crippen LogP) is 2.94. The summed E-state index contributed by atoms with van der Waals surface area (Å²) in [4.78, 5) is 8.94. The molecule has 0 aliphatic rings. The Balaban J connectivity index is 1.56. The van der Waals surface area contributed by atoms with Crippen molar-refractivity contribution in [2.75, 3.05) is 37.9 Å². The van der Waals surface area contributed by atoms with Gasteiger partial charge in [-0.25, -0.2) is 18.1 Å². The summed E-state index contributed by atoms with van der Waals surface area (Å²) in [5, 5.41) is 6.26. The molecule has 2 aromatic carbocycles. The lowest BCUT2D eigenvalue weighted by atomic mass is 10.3. The van der Waals surface area contributed by atoms with Crippen molar-refractivity contribution in [3.8, 4) is 11.5 Å². The summed E-state index contributed by atoms with van der Waals surface area (Å²) >= 11 is 0. The van der Waals surface area contributed by atoms with E-state index in [9.17, 15) is 8.42 Å². The molecule has 0 fully saturated rings. The van der Waals surface area contributed by atoms with Gasteiger partial charge in [-0.1, -0.05) is 0 Å². The fraction of sp³-hybridized carbons (Fsp3) is 0.238. The molecule has 0 amide bonds. The van der Waals surface area contributed by atoms with E-state index in [1.807, 2.05) is 37.3 Å². The monoisotopic (exact) mass is 443 g/mol. The highest BCUT2D eigenvalue weighted by Crippen LogP contribution is 2.20. The van der Waals surface area contributed by atoms with Crippen LogP contribution in [0.15, 0.2) is 59.5 Å². The number of ether oxygens (including phenoxy) is 2. The molecule has 1 heterocycles. The van der Waals surface area contributed by atoms with E-state index in [2.05, 4.69) is 25.3 Å². The van der Waals surface area contributed by atoms with E-state index in [4.69, 9.17) is 9.47 Å². The van der Waals surface area contributed by atoms with Crippen LogP contribution in [0, 0.1) is 6.92 Å². The zero-order valence-corrected chi connectivity index (χ0v) is 18.4. The molecule has 9 nitrogen and oxygen atoms in total. The van der Waals surface area contributed by atoms with Crippen molar-refractivity contribution in [1.82, 2.24) is 14.7 Å². The average Bonchev–Trinajstić information content (AvgIpc) is 2.77. The summed E-state index contributed by atoms with van der Waals surface area (Å²) in [6.07, 6.45) is 0. The number of benzene rings is 2. The zero-order valence-electron chi connectivity index (χ0n) is 17.5. The van der Waals surface area contributed by atoms with Gasteiger partial charge in [-0.2, -0.15) is 4.98 Å². The van der Waals surface area contributed by atoms with Crippen molar-refractivity contribution in [2.24, 2.45) is 0 Å².